The van der Waals surface area contributed by atoms with Gasteiger partial charge in [-0.3, -0.25) is 0 Å². The Morgan fingerprint density at radius 2 is 1.26 bits per heavy atom. The van der Waals surface area contributed by atoms with E-state index >= 15 is 0 Å². The molecular weight excluding hydrogens is 580 g/mol. The molecule has 200 valence electrons. The number of nitrogens with one attached hydrogen (secondary N) is 2. The molecule has 2 aromatic heterocycles. The number of aromatic nitrogens is 6. The van der Waals surface area contributed by atoms with Crippen LogP contribution in [0, 0.1) is 0 Å². The van der Waals surface area contributed by atoms with Crippen LogP contribution in [-0.2, 0) is 12.8 Å². The highest BCUT2D eigenvalue weighted by molar-refractivity contribution is 9.10. The van der Waals surface area contributed by atoms with E-state index in [4.69, 9.17) is 11.6 Å². The van der Waals surface area contributed by atoms with Crippen molar-refractivity contribution < 1.29 is 10.2 Å². The molecule has 0 atom stereocenters. The fourth-order valence-corrected chi connectivity index (χ4v) is 4.58. The minimum Gasteiger partial charge on any atom is -0.508 e. The Bertz CT molecular complexity index is 1460. The summed E-state index contributed by atoms with van der Waals surface area (Å²) in [6.45, 7) is 3.85. The Morgan fingerprint density at radius 3 is 1.71 bits per heavy atom. The highest BCUT2D eigenvalue weighted by atomic mass is 79.9. The van der Waals surface area contributed by atoms with Crippen LogP contribution in [0.5, 0.6) is 11.5 Å². The number of phenols is 2. The summed E-state index contributed by atoms with van der Waals surface area (Å²) in [4.78, 5) is 39.6. The van der Waals surface area contributed by atoms with Crippen LogP contribution in [0.3, 0.4) is 0 Å². The summed E-state index contributed by atoms with van der Waals surface area (Å²) >= 11 is 9.46. The van der Waals surface area contributed by atoms with Gasteiger partial charge in [0.2, 0.25) is 11.9 Å². The smallest absolute Gasteiger partial charge is 0.356 e. The highest BCUT2D eigenvalue weighted by Gasteiger charge is 2.14. The number of hydrogen-bond donors (Lipinski definition) is 4. The Balaban J connectivity index is 0.000000211. The molecule has 0 saturated carbocycles. The van der Waals surface area contributed by atoms with Crippen LogP contribution in [-0.4, -0.2) is 53.4 Å². The zero-order chi connectivity index (χ0) is 28.0. The van der Waals surface area contributed by atoms with E-state index in [1.165, 1.54) is 33.9 Å². The zero-order valence-electron chi connectivity index (χ0n) is 21.0. The topological polar surface area (TPSA) is 160 Å². The Kier molecular flexibility index (Phi) is 9.42. The van der Waals surface area contributed by atoms with Crippen molar-refractivity contribution in [2.45, 2.75) is 26.7 Å². The summed E-state index contributed by atoms with van der Waals surface area (Å²) in [7, 11) is 3.27. The van der Waals surface area contributed by atoms with Gasteiger partial charge in [-0.1, -0.05) is 25.4 Å². The van der Waals surface area contributed by atoms with Crippen molar-refractivity contribution in [1.82, 2.24) is 29.1 Å². The van der Waals surface area contributed by atoms with E-state index in [9.17, 15) is 19.8 Å². The summed E-state index contributed by atoms with van der Waals surface area (Å²) in [5.41, 5.74) is 1.80. The number of aryl methyl sites for hydroxylation is 2. The third kappa shape index (κ3) is 6.29. The molecule has 0 unspecified atom stereocenters. The van der Waals surface area contributed by atoms with Crippen molar-refractivity contribution in [2.24, 2.45) is 0 Å². The molecule has 0 aliphatic rings. The second kappa shape index (κ2) is 12.5. The molecule has 4 aromatic rings. The molecule has 4 rings (SSSR count). The molecule has 4 N–H and O–H groups in total. The molecule has 12 nitrogen and oxygen atoms in total. The second-order valence-corrected chi connectivity index (χ2v) is 9.00. The van der Waals surface area contributed by atoms with Crippen molar-refractivity contribution >= 4 is 39.4 Å². The average Bonchev–Trinajstić information content (AvgIpc) is 2.89. The molecule has 0 spiro atoms. The first-order chi connectivity index (χ1) is 18.1. The predicted octanol–water partition coefficient (Wildman–Crippen LogP) is 3.29. The molecule has 2 heterocycles. The van der Waals surface area contributed by atoms with Gasteiger partial charge in [-0.15, -0.1) is 0 Å². The van der Waals surface area contributed by atoms with Crippen LogP contribution in [0.25, 0.3) is 11.4 Å². The van der Waals surface area contributed by atoms with Crippen molar-refractivity contribution in [2.75, 3.05) is 24.7 Å². The lowest BCUT2D eigenvalue weighted by molar-refractivity contribution is 0.473. The van der Waals surface area contributed by atoms with E-state index in [0.717, 1.165) is 11.1 Å². The lowest BCUT2D eigenvalue weighted by atomic mass is 10.1. The van der Waals surface area contributed by atoms with E-state index in [1.54, 1.807) is 26.2 Å². The standard InChI is InChI=1S/C12H13BrN4O2.C12H13ClN4O2/c2*1-3-7-4-8(18)5-9(13)10(7)17-6-15-11(14-2)16-12(17)19/h2*4-6,18H,3H2,1-2H3,(H,14,16,19). The van der Waals surface area contributed by atoms with Crippen LogP contribution >= 0.6 is 27.5 Å². The van der Waals surface area contributed by atoms with Crippen LogP contribution in [0.1, 0.15) is 25.0 Å². The van der Waals surface area contributed by atoms with Crippen molar-refractivity contribution in [3.8, 4) is 22.9 Å². The number of aromatic hydroxyl groups is 2. The molecule has 0 aliphatic heterocycles. The zero-order valence-corrected chi connectivity index (χ0v) is 23.4. The van der Waals surface area contributed by atoms with Gasteiger partial charge in [0.1, 0.15) is 24.2 Å². The number of hydrogen-bond acceptors (Lipinski definition) is 10. The van der Waals surface area contributed by atoms with Gasteiger partial charge in [-0.05, 0) is 58.1 Å². The molecule has 14 heteroatoms. The largest absolute Gasteiger partial charge is 0.508 e. The summed E-state index contributed by atoms with van der Waals surface area (Å²) < 4.78 is 3.23. The SMILES string of the molecule is CCc1cc(O)cc(Br)c1-n1cnc(NC)nc1=O.CCc1cc(O)cc(Cl)c1-n1cnc(NC)nc1=O. The predicted molar refractivity (Wildman–Crippen MR) is 149 cm³/mol. The monoisotopic (exact) mass is 604 g/mol. The van der Waals surface area contributed by atoms with Gasteiger partial charge >= 0.3 is 11.4 Å². The molecule has 0 saturated heterocycles. The van der Waals surface area contributed by atoms with Crippen molar-refractivity contribution in [3.05, 3.63) is 78.5 Å². The van der Waals surface area contributed by atoms with Gasteiger partial charge < -0.3 is 20.8 Å². The maximum absolute atomic E-state index is 12.0. The molecule has 2 aromatic carbocycles. The Morgan fingerprint density at radius 1 is 0.816 bits per heavy atom. The number of nitrogens with zero attached hydrogens (tertiary/aromatic N) is 6. The number of benzene rings is 2. The number of rotatable bonds is 6. The Labute approximate surface area is 231 Å². The molecule has 0 fully saturated rings. The highest BCUT2D eigenvalue weighted by Crippen LogP contribution is 2.30. The lowest BCUT2D eigenvalue weighted by Gasteiger charge is -2.13. The molecule has 0 amide bonds. The van der Waals surface area contributed by atoms with Crippen LogP contribution in [0.15, 0.2) is 51.0 Å². The summed E-state index contributed by atoms with van der Waals surface area (Å²) in [5, 5.41) is 24.8. The molecule has 0 radical (unpaired) electrons. The van der Waals surface area contributed by atoms with Crippen LogP contribution in [0.4, 0.5) is 11.9 Å². The van der Waals surface area contributed by atoms with Crippen LogP contribution < -0.4 is 22.0 Å². The Hall–Kier alpha value is -3.97. The number of phenolic OH excluding ortho intramolecular Hbond substituents is 2. The van der Waals surface area contributed by atoms with Gasteiger partial charge in [0, 0.05) is 24.6 Å². The molecular formula is C24H26BrClN8O4. The lowest BCUT2D eigenvalue weighted by Crippen LogP contribution is -2.24. The molecule has 0 aliphatic carbocycles. The second-order valence-electron chi connectivity index (χ2n) is 7.74. The maximum atomic E-state index is 12.0. The van der Waals surface area contributed by atoms with Gasteiger partial charge in [0.15, 0.2) is 0 Å². The minimum absolute atomic E-state index is 0.0615. The fraction of sp³-hybridized carbons (Fsp3) is 0.250. The number of halogens is 2. The summed E-state index contributed by atoms with van der Waals surface area (Å²) in [6.07, 6.45) is 4.06. The third-order valence-electron chi connectivity index (χ3n) is 5.35. The molecule has 38 heavy (non-hydrogen) atoms. The van der Waals surface area contributed by atoms with Gasteiger partial charge in [-0.2, -0.15) is 9.97 Å². The van der Waals surface area contributed by atoms with Gasteiger partial charge in [0.05, 0.1) is 16.4 Å². The molecule has 0 bridgehead atoms. The van der Waals surface area contributed by atoms with E-state index in [1.807, 2.05) is 13.8 Å². The van der Waals surface area contributed by atoms with E-state index < -0.39 is 11.4 Å². The summed E-state index contributed by atoms with van der Waals surface area (Å²) in [5.74, 6) is 0.725. The van der Waals surface area contributed by atoms with Crippen molar-refractivity contribution in [1.29, 1.82) is 0 Å². The minimum atomic E-state index is -0.485. The van der Waals surface area contributed by atoms with E-state index in [0.29, 0.717) is 28.7 Å². The maximum Gasteiger partial charge on any atom is 0.356 e. The third-order valence-corrected chi connectivity index (χ3v) is 6.24. The summed E-state index contributed by atoms with van der Waals surface area (Å²) in [6, 6.07) is 6.11. The van der Waals surface area contributed by atoms with Crippen molar-refractivity contribution in [3.63, 3.8) is 0 Å². The van der Waals surface area contributed by atoms with E-state index in [2.05, 4.69) is 46.5 Å². The van der Waals surface area contributed by atoms with Gasteiger partial charge in [-0.25, -0.2) is 28.7 Å². The van der Waals surface area contributed by atoms with E-state index in [-0.39, 0.29) is 28.4 Å². The van der Waals surface area contributed by atoms with Crippen LogP contribution in [0.2, 0.25) is 5.02 Å². The first-order valence-corrected chi connectivity index (χ1v) is 12.6. The number of anilines is 2. The average molecular weight is 606 g/mol. The first-order valence-electron chi connectivity index (χ1n) is 11.4. The van der Waals surface area contributed by atoms with Gasteiger partial charge in [0.25, 0.3) is 0 Å². The fourth-order valence-electron chi connectivity index (χ4n) is 3.58. The quantitative estimate of drug-likeness (QED) is 0.257. The normalized spacial score (nSPS) is 10.5. The first kappa shape index (κ1) is 28.6.